The van der Waals surface area contributed by atoms with Gasteiger partial charge >= 0.3 is 0 Å². The highest BCUT2D eigenvalue weighted by molar-refractivity contribution is 5.99. The minimum atomic E-state index is -0.524. The average Bonchev–Trinajstić information content (AvgIpc) is 3.60. The summed E-state index contributed by atoms with van der Waals surface area (Å²) < 4.78 is 0. The van der Waals surface area contributed by atoms with Crippen molar-refractivity contribution >= 4 is 27.8 Å². The minimum absolute atomic E-state index is 0.108. The molecule has 2 heteroatoms. The van der Waals surface area contributed by atoms with Crippen molar-refractivity contribution in [3.63, 3.8) is 0 Å². The third kappa shape index (κ3) is 5.41. The summed E-state index contributed by atoms with van der Waals surface area (Å²) >= 11 is 0. The van der Waals surface area contributed by atoms with Crippen molar-refractivity contribution in [2.75, 3.05) is 9.80 Å². The van der Waals surface area contributed by atoms with Crippen LogP contribution in [-0.4, -0.2) is 12.1 Å². The molecule has 61 heavy (non-hydrogen) atoms. The minimum Gasteiger partial charge on any atom is -0.334 e. The molecule has 0 bridgehead atoms. The summed E-state index contributed by atoms with van der Waals surface area (Å²) in [6.45, 7) is 2.35. The summed E-state index contributed by atoms with van der Waals surface area (Å²) in [5.74, 6) is 0.549. The molecule has 0 saturated carbocycles. The third-order valence-corrected chi connectivity index (χ3v) is 13.9. The molecular weight excluding hydrogens is 737 g/mol. The zero-order chi connectivity index (χ0) is 40.5. The van der Waals surface area contributed by atoms with Gasteiger partial charge in [0.25, 0.3) is 0 Å². The number of allylic oxidation sites excluding steroid dienone is 12. The molecule has 0 N–H and O–H groups in total. The van der Waals surface area contributed by atoms with Gasteiger partial charge in [-0.2, -0.15) is 0 Å². The van der Waals surface area contributed by atoms with Gasteiger partial charge in [-0.05, 0) is 104 Å². The molecular formula is C59H46N2. The lowest BCUT2D eigenvalue weighted by molar-refractivity contribution is 0.610. The zero-order valence-electron chi connectivity index (χ0n) is 34.3. The molecule has 0 heterocycles. The highest BCUT2D eigenvalue weighted by Gasteiger charge is 2.52. The molecule has 6 aromatic carbocycles. The van der Waals surface area contributed by atoms with E-state index in [2.05, 4.69) is 241 Å². The molecule has 6 aromatic rings. The summed E-state index contributed by atoms with van der Waals surface area (Å²) in [6, 6.07) is 48.9. The Hall–Kier alpha value is -7.16. The maximum absolute atomic E-state index is 2.61. The van der Waals surface area contributed by atoms with Crippen molar-refractivity contribution in [1.82, 2.24) is 0 Å². The van der Waals surface area contributed by atoms with Gasteiger partial charge in [0.15, 0.2) is 0 Å². The molecule has 2 nitrogen and oxygen atoms in total. The molecule has 4 atom stereocenters. The van der Waals surface area contributed by atoms with Crippen LogP contribution in [0.2, 0.25) is 0 Å². The van der Waals surface area contributed by atoms with E-state index >= 15 is 0 Å². The summed E-state index contributed by atoms with van der Waals surface area (Å²) in [5.41, 5.74) is 16.3. The Bertz CT molecular complexity index is 3020. The van der Waals surface area contributed by atoms with Crippen LogP contribution in [0.15, 0.2) is 236 Å². The molecule has 0 saturated heterocycles. The third-order valence-electron chi connectivity index (χ3n) is 13.9. The molecule has 0 aliphatic heterocycles. The molecule has 4 unspecified atom stereocenters. The Morgan fingerprint density at radius 1 is 0.508 bits per heavy atom. The van der Waals surface area contributed by atoms with Gasteiger partial charge in [0.05, 0.1) is 17.5 Å². The van der Waals surface area contributed by atoms with Crippen LogP contribution in [-0.2, 0) is 5.41 Å². The van der Waals surface area contributed by atoms with E-state index in [1.165, 1.54) is 83.6 Å². The topological polar surface area (TPSA) is 6.48 Å². The Morgan fingerprint density at radius 3 is 1.93 bits per heavy atom. The van der Waals surface area contributed by atoms with Gasteiger partial charge < -0.3 is 9.80 Å². The van der Waals surface area contributed by atoms with Gasteiger partial charge in [-0.25, -0.2) is 0 Å². The van der Waals surface area contributed by atoms with Crippen molar-refractivity contribution in [3.8, 4) is 22.3 Å². The first-order valence-corrected chi connectivity index (χ1v) is 21.9. The van der Waals surface area contributed by atoms with Crippen molar-refractivity contribution in [1.29, 1.82) is 0 Å². The van der Waals surface area contributed by atoms with E-state index in [-0.39, 0.29) is 18.0 Å². The molecule has 6 aliphatic carbocycles. The van der Waals surface area contributed by atoms with E-state index in [0.717, 1.165) is 6.42 Å². The van der Waals surface area contributed by atoms with E-state index in [1.54, 1.807) is 0 Å². The van der Waals surface area contributed by atoms with E-state index in [0.29, 0.717) is 5.92 Å². The maximum atomic E-state index is 2.61. The van der Waals surface area contributed by atoms with Crippen LogP contribution in [0.25, 0.3) is 33.0 Å². The normalized spacial score (nSPS) is 21.7. The SMILES string of the molecule is CC1C=CC=CC1N(c1ccc2c(c1)C1(c3ccccc3-c3ccccc31)c1cc(N(C3=CCC=CC=C3)C3C=CC=C4C=CC=CC43)ccc1-2)c1cccc2ccccc12. The number of fused-ring (bicyclic) bond motifs is 12. The lowest BCUT2D eigenvalue weighted by Crippen LogP contribution is -2.40. The molecule has 1 spiro atoms. The predicted octanol–water partition coefficient (Wildman–Crippen LogP) is 14.3. The fraction of sp³-hybridized carbons (Fsp3) is 0.119. The summed E-state index contributed by atoms with van der Waals surface area (Å²) in [7, 11) is 0. The highest BCUT2D eigenvalue weighted by atomic mass is 15.2. The highest BCUT2D eigenvalue weighted by Crippen LogP contribution is 2.64. The summed E-state index contributed by atoms with van der Waals surface area (Å²) in [4.78, 5) is 5.21. The van der Waals surface area contributed by atoms with Crippen LogP contribution in [0.3, 0.4) is 0 Å². The lowest BCUT2D eigenvalue weighted by Gasteiger charge is -2.40. The van der Waals surface area contributed by atoms with Crippen LogP contribution in [0.5, 0.6) is 0 Å². The standard InChI is InChI=1S/C59H46N2/c1-40-18-6-15-31-56(40)61(58-33-17-22-42-20-8-10-26-47(42)58)45-35-37-51-50-36-34-44(60(43-23-4-2-3-5-24-43)57-32-16-21-41-19-7-9-25-46(41)57)38-54(50)59(55(51)39-45)52-29-13-11-27-48(52)49-28-12-14-30-53(49)59/h2-4,6-40,46,56-57H,5H2,1H3. The number of benzene rings is 6. The second kappa shape index (κ2) is 14.2. The first kappa shape index (κ1) is 35.8. The van der Waals surface area contributed by atoms with Gasteiger partial charge in [-0.1, -0.05) is 195 Å². The molecule has 0 amide bonds. The van der Waals surface area contributed by atoms with E-state index in [4.69, 9.17) is 0 Å². The first-order valence-electron chi connectivity index (χ1n) is 21.9. The number of rotatable bonds is 6. The number of nitrogens with zero attached hydrogens (tertiary/aromatic N) is 2. The molecule has 6 aliphatic rings. The predicted molar refractivity (Wildman–Crippen MR) is 256 cm³/mol. The Balaban J connectivity index is 1.11. The Labute approximate surface area is 359 Å². The van der Waals surface area contributed by atoms with Gasteiger partial charge in [-0.15, -0.1) is 0 Å². The fourth-order valence-corrected chi connectivity index (χ4v) is 11.3. The van der Waals surface area contributed by atoms with Crippen LogP contribution in [0.4, 0.5) is 17.1 Å². The second-order valence-corrected chi connectivity index (χ2v) is 17.1. The van der Waals surface area contributed by atoms with Gasteiger partial charge in [0.1, 0.15) is 0 Å². The Morgan fingerprint density at radius 2 is 1.15 bits per heavy atom. The smallest absolute Gasteiger partial charge is 0.0727 e. The van der Waals surface area contributed by atoms with Crippen LogP contribution in [0.1, 0.15) is 35.6 Å². The average molecular weight is 783 g/mol. The first-order chi connectivity index (χ1) is 30.2. The monoisotopic (exact) mass is 782 g/mol. The van der Waals surface area contributed by atoms with E-state index < -0.39 is 5.41 Å². The lowest BCUT2D eigenvalue weighted by atomic mass is 9.70. The van der Waals surface area contributed by atoms with Crippen LogP contribution >= 0.6 is 0 Å². The van der Waals surface area contributed by atoms with Crippen molar-refractivity contribution in [3.05, 3.63) is 258 Å². The summed E-state index contributed by atoms with van der Waals surface area (Å²) in [6.07, 6.45) is 37.3. The molecule has 292 valence electrons. The van der Waals surface area contributed by atoms with Crippen LogP contribution < -0.4 is 9.80 Å². The molecule has 0 radical (unpaired) electrons. The quantitative estimate of drug-likeness (QED) is 0.166. The van der Waals surface area contributed by atoms with Crippen molar-refractivity contribution in [2.45, 2.75) is 30.8 Å². The molecule has 0 aromatic heterocycles. The number of hydrogen-bond acceptors (Lipinski definition) is 2. The number of hydrogen-bond donors (Lipinski definition) is 0. The van der Waals surface area contributed by atoms with Gasteiger partial charge in [0.2, 0.25) is 0 Å². The van der Waals surface area contributed by atoms with Gasteiger partial charge in [0, 0.05) is 34.1 Å². The number of anilines is 3. The Kier molecular flexibility index (Phi) is 8.35. The van der Waals surface area contributed by atoms with Crippen molar-refractivity contribution < 1.29 is 0 Å². The van der Waals surface area contributed by atoms with Crippen molar-refractivity contribution in [2.24, 2.45) is 11.8 Å². The van der Waals surface area contributed by atoms with Gasteiger partial charge in [-0.3, -0.25) is 0 Å². The zero-order valence-corrected chi connectivity index (χ0v) is 34.3. The maximum Gasteiger partial charge on any atom is 0.0727 e. The fourth-order valence-electron chi connectivity index (χ4n) is 11.3. The summed E-state index contributed by atoms with van der Waals surface area (Å²) in [5, 5.41) is 2.51. The largest absolute Gasteiger partial charge is 0.334 e. The van der Waals surface area contributed by atoms with Crippen LogP contribution in [0, 0.1) is 11.8 Å². The molecule has 0 fully saturated rings. The van der Waals surface area contributed by atoms with E-state index in [1.807, 2.05) is 0 Å². The van der Waals surface area contributed by atoms with E-state index in [9.17, 15) is 0 Å². The second-order valence-electron chi connectivity index (χ2n) is 17.1. The molecule has 12 rings (SSSR count).